The van der Waals surface area contributed by atoms with E-state index in [-0.39, 0.29) is 5.71 Å². The number of carbonyl (C=O) groups excluding carboxylic acids is 2. The van der Waals surface area contributed by atoms with Crippen molar-refractivity contribution in [2.75, 3.05) is 0 Å². The molecule has 0 fully saturated rings. The summed E-state index contributed by atoms with van der Waals surface area (Å²) in [4.78, 5) is 23.8. The van der Waals surface area contributed by atoms with Crippen LogP contribution in [-0.4, -0.2) is 22.9 Å². The van der Waals surface area contributed by atoms with Crippen LogP contribution in [0.5, 0.6) is 0 Å². The lowest BCUT2D eigenvalue weighted by atomic mass is 9.98. The van der Waals surface area contributed by atoms with E-state index in [0.717, 1.165) is 6.08 Å². The first-order valence-electron chi connectivity index (χ1n) is 3.48. The van der Waals surface area contributed by atoms with Gasteiger partial charge in [-0.25, -0.2) is 4.79 Å². The predicted octanol–water partition coefficient (Wildman–Crippen LogP) is 0.421. The van der Waals surface area contributed by atoms with Crippen LogP contribution in [0.3, 0.4) is 0 Å². The second-order valence-corrected chi connectivity index (χ2v) is 2.29. The van der Waals surface area contributed by atoms with E-state index in [9.17, 15) is 9.59 Å². The van der Waals surface area contributed by atoms with Crippen molar-refractivity contribution in [2.45, 2.75) is 0 Å². The van der Waals surface area contributed by atoms with Gasteiger partial charge in [-0.05, 0) is 6.08 Å². The standard InChI is InChI=1S/C8H6N2O3/c11-5-9-8(12)6-3-1-2-4-7(6)10-13/h1-4,6,13H. The molecule has 0 saturated carbocycles. The summed E-state index contributed by atoms with van der Waals surface area (Å²) in [6.07, 6.45) is 7.31. The second kappa shape index (κ2) is 4.13. The van der Waals surface area contributed by atoms with Gasteiger partial charge in [0.05, 0.1) is 5.71 Å². The topological polar surface area (TPSA) is 79.1 Å². The Morgan fingerprint density at radius 2 is 2.31 bits per heavy atom. The Balaban J connectivity index is 2.91. The number of oxime groups is 1. The zero-order chi connectivity index (χ0) is 9.68. The molecule has 66 valence electrons. The van der Waals surface area contributed by atoms with Gasteiger partial charge in [0.15, 0.2) is 0 Å². The Morgan fingerprint density at radius 1 is 1.54 bits per heavy atom. The molecule has 0 bridgehead atoms. The summed E-state index contributed by atoms with van der Waals surface area (Å²) >= 11 is 0. The SMILES string of the molecule is O=C=NC(=O)C1C=CC=CC1=NO. The molecule has 1 unspecified atom stereocenters. The van der Waals surface area contributed by atoms with Crippen molar-refractivity contribution in [3.05, 3.63) is 24.3 Å². The third-order valence-corrected chi connectivity index (χ3v) is 1.54. The highest BCUT2D eigenvalue weighted by atomic mass is 16.4. The van der Waals surface area contributed by atoms with Crippen LogP contribution in [0.15, 0.2) is 34.5 Å². The number of rotatable bonds is 1. The van der Waals surface area contributed by atoms with Crippen molar-refractivity contribution in [3.8, 4) is 0 Å². The summed E-state index contributed by atoms with van der Waals surface area (Å²) in [5.74, 6) is -1.47. The van der Waals surface area contributed by atoms with Gasteiger partial charge in [-0.15, -0.1) is 4.99 Å². The van der Waals surface area contributed by atoms with Crippen LogP contribution in [0, 0.1) is 5.92 Å². The van der Waals surface area contributed by atoms with Crippen molar-refractivity contribution >= 4 is 17.7 Å². The summed E-state index contributed by atoms with van der Waals surface area (Å²) in [5, 5.41) is 11.4. The normalized spacial score (nSPS) is 22.8. The van der Waals surface area contributed by atoms with Crippen molar-refractivity contribution < 1.29 is 14.8 Å². The molecule has 13 heavy (non-hydrogen) atoms. The van der Waals surface area contributed by atoms with Gasteiger partial charge in [0, 0.05) is 0 Å². The summed E-state index contributed by atoms with van der Waals surface area (Å²) in [6, 6.07) is 0. The van der Waals surface area contributed by atoms with Crippen molar-refractivity contribution in [1.82, 2.24) is 0 Å². The molecule has 0 radical (unpaired) electrons. The van der Waals surface area contributed by atoms with Crippen LogP contribution >= 0.6 is 0 Å². The minimum atomic E-state index is -0.781. The molecule has 1 N–H and O–H groups in total. The van der Waals surface area contributed by atoms with Gasteiger partial charge in [-0.1, -0.05) is 23.4 Å². The molecule has 0 saturated heterocycles. The van der Waals surface area contributed by atoms with Gasteiger partial charge in [0.25, 0.3) is 5.91 Å². The molecule has 0 heterocycles. The van der Waals surface area contributed by atoms with E-state index in [4.69, 9.17) is 5.21 Å². The smallest absolute Gasteiger partial charge is 0.269 e. The van der Waals surface area contributed by atoms with E-state index >= 15 is 0 Å². The van der Waals surface area contributed by atoms with Gasteiger partial charge in [0.2, 0.25) is 6.08 Å². The van der Waals surface area contributed by atoms with Crippen LogP contribution in [0.25, 0.3) is 0 Å². The molecule has 0 aromatic rings. The lowest BCUT2D eigenvalue weighted by Crippen LogP contribution is -2.20. The van der Waals surface area contributed by atoms with Crippen LogP contribution < -0.4 is 0 Å². The first-order chi connectivity index (χ1) is 6.29. The third-order valence-electron chi connectivity index (χ3n) is 1.54. The fourth-order valence-corrected chi connectivity index (χ4v) is 0.951. The Kier molecular flexibility index (Phi) is 2.89. The molecular weight excluding hydrogens is 172 g/mol. The lowest BCUT2D eigenvalue weighted by Gasteiger charge is -2.08. The average molecular weight is 178 g/mol. The quantitative estimate of drug-likeness (QED) is 0.273. The summed E-state index contributed by atoms with van der Waals surface area (Å²) < 4.78 is 0. The number of allylic oxidation sites excluding steroid dienone is 3. The second-order valence-electron chi connectivity index (χ2n) is 2.29. The van der Waals surface area contributed by atoms with Gasteiger partial charge >= 0.3 is 0 Å². The van der Waals surface area contributed by atoms with Crippen molar-refractivity contribution in [3.63, 3.8) is 0 Å². The Bertz CT molecular complexity index is 348. The van der Waals surface area contributed by atoms with Crippen LogP contribution in [0.2, 0.25) is 0 Å². The number of nitrogens with zero attached hydrogens (tertiary/aromatic N) is 2. The monoisotopic (exact) mass is 178 g/mol. The van der Waals surface area contributed by atoms with E-state index in [1.807, 2.05) is 0 Å². The zero-order valence-corrected chi connectivity index (χ0v) is 6.54. The minimum Gasteiger partial charge on any atom is -0.411 e. The first-order valence-corrected chi connectivity index (χ1v) is 3.48. The summed E-state index contributed by atoms with van der Waals surface area (Å²) in [5.41, 5.74) is 0.159. The lowest BCUT2D eigenvalue weighted by molar-refractivity contribution is -0.118. The molecule has 0 aromatic heterocycles. The fourth-order valence-electron chi connectivity index (χ4n) is 0.951. The van der Waals surface area contributed by atoms with Gasteiger partial charge in [-0.3, -0.25) is 4.79 Å². The van der Waals surface area contributed by atoms with Crippen molar-refractivity contribution in [1.29, 1.82) is 0 Å². The number of hydrogen-bond acceptors (Lipinski definition) is 4. The van der Waals surface area contributed by atoms with E-state index < -0.39 is 11.8 Å². The summed E-state index contributed by atoms with van der Waals surface area (Å²) in [6.45, 7) is 0. The van der Waals surface area contributed by atoms with E-state index in [0.29, 0.717) is 0 Å². The highest BCUT2D eigenvalue weighted by Crippen LogP contribution is 2.10. The molecule has 0 aliphatic heterocycles. The molecule has 1 rings (SSSR count). The Labute approximate surface area is 73.8 Å². The minimum absolute atomic E-state index is 0.159. The van der Waals surface area contributed by atoms with Crippen molar-refractivity contribution in [2.24, 2.45) is 16.1 Å². The molecule has 5 nitrogen and oxygen atoms in total. The largest absolute Gasteiger partial charge is 0.411 e. The molecule has 1 atom stereocenters. The highest BCUT2D eigenvalue weighted by molar-refractivity contribution is 6.12. The molecule has 1 aliphatic rings. The van der Waals surface area contributed by atoms with E-state index in [1.54, 1.807) is 12.2 Å². The third kappa shape index (κ3) is 1.98. The predicted molar refractivity (Wildman–Crippen MR) is 44.1 cm³/mol. The highest BCUT2D eigenvalue weighted by Gasteiger charge is 2.21. The maximum Gasteiger partial charge on any atom is 0.269 e. The fraction of sp³-hybridized carbons (Fsp3) is 0.125. The zero-order valence-electron chi connectivity index (χ0n) is 6.54. The first kappa shape index (κ1) is 9.09. The Hall–Kier alpha value is -2.00. The molecular formula is C8H6N2O3. The van der Waals surface area contributed by atoms with E-state index in [1.165, 1.54) is 12.2 Å². The number of aliphatic imine (C=N–C) groups is 1. The maximum atomic E-state index is 11.1. The number of hydrogen-bond donors (Lipinski definition) is 1. The van der Waals surface area contributed by atoms with Crippen LogP contribution in [0.1, 0.15) is 0 Å². The molecule has 0 aromatic carbocycles. The summed E-state index contributed by atoms with van der Waals surface area (Å²) in [7, 11) is 0. The molecule has 5 heteroatoms. The number of amides is 1. The number of carbonyl (C=O) groups is 1. The maximum absolute atomic E-state index is 11.1. The van der Waals surface area contributed by atoms with E-state index in [2.05, 4.69) is 10.1 Å². The van der Waals surface area contributed by atoms with Gasteiger partial charge < -0.3 is 5.21 Å². The Morgan fingerprint density at radius 3 is 2.92 bits per heavy atom. The van der Waals surface area contributed by atoms with Crippen LogP contribution in [0.4, 0.5) is 0 Å². The van der Waals surface area contributed by atoms with Crippen LogP contribution in [-0.2, 0) is 9.59 Å². The van der Waals surface area contributed by atoms with Gasteiger partial charge in [-0.2, -0.15) is 0 Å². The number of isocyanates is 1. The molecule has 1 aliphatic carbocycles. The molecule has 0 spiro atoms. The average Bonchev–Trinajstić information content (AvgIpc) is 2.18. The van der Waals surface area contributed by atoms with Gasteiger partial charge in [0.1, 0.15) is 5.92 Å². The molecule has 1 amide bonds.